The highest BCUT2D eigenvalue weighted by molar-refractivity contribution is 5.95. The summed E-state index contributed by atoms with van der Waals surface area (Å²) in [5.41, 5.74) is 5.69. The lowest BCUT2D eigenvalue weighted by atomic mass is 9.98. The average molecular weight is 452 g/mol. The number of carbonyl (C=O) groups excluding carboxylic acids is 1. The van der Waals surface area contributed by atoms with Crippen molar-refractivity contribution in [1.29, 1.82) is 0 Å². The van der Waals surface area contributed by atoms with Gasteiger partial charge in [-0.15, -0.1) is 0 Å². The fourth-order valence-electron chi connectivity index (χ4n) is 4.07. The van der Waals surface area contributed by atoms with Crippen LogP contribution in [-0.2, 0) is 6.61 Å². The van der Waals surface area contributed by atoms with E-state index in [9.17, 15) is 4.79 Å². The quantitative estimate of drug-likeness (QED) is 0.337. The van der Waals surface area contributed by atoms with Gasteiger partial charge in [-0.3, -0.25) is 4.79 Å². The van der Waals surface area contributed by atoms with Crippen molar-refractivity contribution in [3.05, 3.63) is 130 Å². The Labute approximate surface area is 201 Å². The Morgan fingerprint density at radius 1 is 0.794 bits per heavy atom. The molecule has 0 spiro atoms. The lowest BCUT2D eigenvalue weighted by Gasteiger charge is -2.20. The van der Waals surface area contributed by atoms with Crippen LogP contribution in [-0.4, -0.2) is 13.0 Å². The molecule has 1 amide bonds. The molecule has 0 aliphatic heterocycles. The Hall–Kier alpha value is -4.05. The number of nitrogens with one attached hydrogen (secondary N) is 1. The highest BCUT2D eigenvalue weighted by Gasteiger charge is 2.19. The molecule has 0 bridgehead atoms. The summed E-state index contributed by atoms with van der Waals surface area (Å²) in [6.45, 7) is 4.39. The van der Waals surface area contributed by atoms with Crippen molar-refractivity contribution < 1.29 is 14.3 Å². The van der Waals surface area contributed by atoms with Gasteiger partial charge in [0.2, 0.25) is 0 Å². The zero-order valence-corrected chi connectivity index (χ0v) is 19.7. The molecule has 34 heavy (non-hydrogen) atoms. The SMILES string of the molecule is COc1ccc(C(=O)NC(c2ccccc2)c2ccccc2)cc1COc1cc(C)cc(C)c1. The van der Waals surface area contributed by atoms with Gasteiger partial charge in [-0.1, -0.05) is 66.7 Å². The second kappa shape index (κ2) is 10.7. The Morgan fingerprint density at radius 3 is 1.94 bits per heavy atom. The normalized spacial score (nSPS) is 10.7. The molecule has 4 heteroatoms. The Balaban J connectivity index is 1.57. The van der Waals surface area contributed by atoms with Gasteiger partial charge in [-0.25, -0.2) is 0 Å². The average Bonchev–Trinajstić information content (AvgIpc) is 2.86. The standard InChI is InChI=1S/C30H29NO3/c1-21-16-22(2)18-27(17-21)34-20-26-19-25(14-15-28(26)33-3)30(32)31-29(23-10-6-4-7-11-23)24-12-8-5-9-13-24/h4-19,29H,20H2,1-3H3,(H,31,32). The van der Waals surface area contributed by atoms with Gasteiger partial charge >= 0.3 is 0 Å². The second-order valence-corrected chi connectivity index (χ2v) is 8.37. The molecule has 0 aromatic heterocycles. The molecule has 172 valence electrons. The minimum absolute atomic E-state index is 0.159. The molecule has 0 saturated heterocycles. The molecule has 0 atom stereocenters. The first kappa shape index (κ1) is 23.1. The van der Waals surface area contributed by atoms with Crippen LogP contribution >= 0.6 is 0 Å². The van der Waals surface area contributed by atoms with E-state index >= 15 is 0 Å². The number of hydrogen-bond donors (Lipinski definition) is 1. The molecule has 0 aliphatic rings. The molecule has 4 aromatic carbocycles. The molecular weight excluding hydrogens is 422 g/mol. The monoisotopic (exact) mass is 451 g/mol. The van der Waals surface area contributed by atoms with Crippen molar-refractivity contribution in [2.75, 3.05) is 7.11 Å². The van der Waals surface area contributed by atoms with Crippen LogP contribution in [0.15, 0.2) is 97.1 Å². The lowest BCUT2D eigenvalue weighted by Crippen LogP contribution is -2.29. The summed E-state index contributed by atoms with van der Waals surface area (Å²) >= 11 is 0. The third kappa shape index (κ3) is 5.65. The number of rotatable bonds is 8. The largest absolute Gasteiger partial charge is 0.496 e. The summed E-state index contributed by atoms with van der Waals surface area (Å²) in [7, 11) is 1.62. The fourth-order valence-corrected chi connectivity index (χ4v) is 4.07. The summed E-state index contributed by atoms with van der Waals surface area (Å²) in [4.78, 5) is 13.3. The van der Waals surface area contributed by atoms with Crippen molar-refractivity contribution >= 4 is 5.91 Å². The molecule has 0 aliphatic carbocycles. The van der Waals surface area contributed by atoms with Crippen LogP contribution < -0.4 is 14.8 Å². The molecule has 0 fully saturated rings. The van der Waals surface area contributed by atoms with E-state index in [1.54, 1.807) is 13.2 Å². The van der Waals surface area contributed by atoms with Gasteiger partial charge in [0.1, 0.15) is 18.1 Å². The molecule has 4 nitrogen and oxygen atoms in total. The summed E-state index contributed by atoms with van der Waals surface area (Å²) in [5, 5.41) is 3.20. The lowest BCUT2D eigenvalue weighted by molar-refractivity contribution is 0.0942. The van der Waals surface area contributed by atoms with E-state index in [2.05, 4.69) is 11.4 Å². The van der Waals surface area contributed by atoms with Crippen molar-refractivity contribution in [2.45, 2.75) is 26.5 Å². The highest BCUT2D eigenvalue weighted by atomic mass is 16.5. The Kier molecular flexibility index (Phi) is 7.28. The van der Waals surface area contributed by atoms with Gasteiger partial charge in [0.05, 0.1) is 13.2 Å². The van der Waals surface area contributed by atoms with E-state index in [0.29, 0.717) is 17.9 Å². The summed E-state index contributed by atoms with van der Waals surface area (Å²) in [6.07, 6.45) is 0. The zero-order valence-electron chi connectivity index (χ0n) is 19.7. The van der Waals surface area contributed by atoms with Gasteiger partial charge in [0, 0.05) is 11.1 Å². The van der Waals surface area contributed by atoms with E-state index in [4.69, 9.17) is 9.47 Å². The maximum absolute atomic E-state index is 13.3. The second-order valence-electron chi connectivity index (χ2n) is 8.37. The highest BCUT2D eigenvalue weighted by Crippen LogP contribution is 2.26. The molecule has 0 unspecified atom stereocenters. The van der Waals surface area contributed by atoms with E-state index < -0.39 is 0 Å². The minimum atomic E-state index is -0.257. The van der Waals surface area contributed by atoms with Crippen molar-refractivity contribution in [3.63, 3.8) is 0 Å². The number of aryl methyl sites for hydroxylation is 2. The molecule has 4 aromatic rings. The Bertz CT molecular complexity index is 1190. The van der Waals surface area contributed by atoms with Crippen LogP contribution in [0.3, 0.4) is 0 Å². The molecule has 4 rings (SSSR count). The number of methoxy groups -OCH3 is 1. The summed E-state index contributed by atoms with van der Waals surface area (Å²) in [6, 6.07) is 31.2. The van der Waals surface area contributed by atoms with Crippen molar-refractivity contribution in [3.8, 4) is 11.5 Å². The van der Waals surface area contributed by atoms with Crippen LogP contribution in [0.4, 0.5) is 0 Å². The van der Waals surface area contributed by atoms with Gasteiger partial charge in [0.25, 0.3) is 5.91 Å². The topological polar surface area (TPSA) is 47.6 Å². The smallest absolute Gasteiger partial charge is 0.252 e. The van der Waals surface area contributed by atoms with Crippen LogP contribution in [0.5, 0.6) is 11.5 Å². The van der Waals surface area contributed by atoms with Crippen LogP contribution in [0.25, 0.3) is 0 Å². The van der Waals surface area contributed by atoms with E-state index in [0.717, 1.165) is 33.6 Å². The first-order chi connectivity index (χ1) is 16.5. The van der Waals surface area contributed by atoms with Crippen molar-refractivity contribution in [1.82, 2.24) is 5.32 Å². The molecule has 0 saturated carbocycles. The summed E-state index contributed by atoms with van der Waals surface area (Å²) in [5.74, 6) is 1.32. The predicted octanol–water partition coefficient (Wildman–Crippen LogP) is 6.41. The van der Waals surface area contributed by atoms with E-state index in [1.807, 2.05) is 98.8 Å². The number of amides is 1. The van der Waals surface area contributed by atoms with Gasteiger partial charge in [0.15, 0.2) is 0 Å². The van der Waals surface area contributed by atoms with Crippen LogP contribution in [0, 0.1) is 13.8 Å². The minimum Gasteiger partial charge on any atom is -0.496 e. The zero-order chi connectivity index (χ0) is 23.9. The fraction of sp³-hybridized carbons (Fsp3) is 0.167. The van der Waals surface area contributed by atoms with E-state index in [1.165, 1.54) is 0 Å². The first-order valence-electron chi connectivity index (χ1n) is 11.3. The number of carbonyl (C=O) groups is 1. The molecule has 0 heterocycles. The number of ether oxygens (including phenoxy) is 2. The maximum atomic E-state index is 13.3. The maximum Gasteiger partial charge on any atom is 0.252 e. The predicted molar refractivity (Wildman–Crippen MR) is 135 cm³/mol. The van der Waals surface area contributed by atoms with Gasteiger partial charge < -0.3 is 14.8 Å². The first-order valence-corrected chi connectivity index (χ1v) is 11.3. The third-order valence-electron chi connectivity index (χ3n) is 5.67. The molecule has 1 N–H and O–H groups in total. The number of hydrogen-bond acceptors (Lipinski definition) is 3. The molecule has 0 radical (unpaired) electrons. The Morgan fingerprint density at radius 2 is 1.38 bits per heavy atom. The van der Waals surface area contributed by atoms with Gasteiger partial charge in [-0.05, 0) is 66.4 Å². The third-order valence-corrected chi connectivity index (χ3v) is 5.67. The van der Waals surface area contributed by atoms with Crippen molar-refractivity contribution in [2.24, 2.45) is 0 Å². The summed E-state index contributed by atoms with van der Waals surface area (Å²) < 4.78 is 11.6. The van der Waals surface area contributed by atoms with E-state index in [-0.39, 0.29) is 11.9 Å². The van der Waals surface area contributed by atoms with Crippen LogP contribution in [0.1, 0.15) is 44.2 Å². The van der Waals surface area contributed by atoms with Gasteiger partial charge in [-0.2, -0.15) is 0 Å². The van der Waals surface area contributed by atoms with Crippen LogP contribution in [0.2, 0.25) is 0 Å². The number of benzene rings is 4. The molecular formula is C30H29NO3.